The molecule has 0 aliphatic carbocycles. The van der Waals surface area contributed by atoms with Crippen LogP contribution in [0, 0.1) is 11.8 Å². The highest BCUT2D eigenvalue weighted by Crippen LogP contribution is 2.24. The molecule has 0 saturated carbocycles. The Morgan fingerprint density at radius 2 is 2.29 bits per heavy atom. The number of halogens is 1. The Morgan fingerprint density at radius 3 is 2.86 bits per heavy atom. The van der Waals surface area contributed by atoms with Crippen LogP contribution in [0.5, 0.6) is 5.75 Å². The molecule has 0 aromatic heterocycles. The van der Waals surface area contributed by atoms with Crippen molar-refractivity contribution in [3.63, 3.8) is 0 Å². The van der Waals surface area contributed by atoms with Gasteiger partial charge in [-0.15, -0.1) is 0 Å². The van der Waals surface area contributed by atoms with Gasteiger partial charge in [-0.3, -0.25) is 0 Å². The van der Waals surface area contributed by atoms with Gasteiger partial charge in [0, 0.05) is 18.5 Å². The molecule has 74 valence electrons. The van der Waals surface area contributed by atoms with Crippen LogP contribution >= 0.6 is 11.6 Å². The molecule has 1 rings (SSSR count). The fourth-order valence-corrected chi connectivity index (χ4v) is 1.24. The number of nitrogens with two attached hydrogens (primary N) is 1. The summed E-state index contributed by atoms with van der Waals surface area (Å²) in [4.78, 5) is 0. The summed E-state index contributed by atoms with van der Waals surface area (Å²) in [6, 6.07) is 5.45. The minimum Gasteiger partial charge on any atom is -0.495 e. The Bertz CT molecular complexity index is 365. The number of methoxy groups -OCH3 is 1. The van der Waals surface area contributed by atoms with Gasteiger partial charge in [-0.1, -0.05) is 23.4 Å². The third kappa shape index (κ3) is 2.95. The molecule has 0 unspecified atom stereocenters. The van der Waals surface area contributed by atoms with Crippen molar-refractivity contribution in [3.05, 3.63) is 28.8 Å². The highest BCUT2D eigenvalue weighted by Gasteiger charge is 1.98. The molecule has 0 radical (unpaired) electrons. The number of rotatable bonds is 2. The molecule has 0 atom stereocenters. The highest BCUT2D eigenvalue weighted by atomic mass is 35.5. The molecule has 0 amide bonds. The van der Waals surface area contributed by atoms with Crippen LogP contribution in [0.2, 0.25) is 5.02 Å². The summed E-state index contributed by atoms with van der Waals surface area (Å²) < 4.78 is 5.03. The Balaban J connectivity index is 2.82. The molecular formula is C11H12ClNO. The first kappa shape index (κ1) is 10.9. The maximum Gasteiger partial charge on any atom is 0.137 e. The van der Waals surface area contributed by atoms with Gasteiger partial charge in [0.05, 0.1) is 12.1 Å². The topological polar surface area (TPSA) is 35.2 Å². The number of hydrogen-bond donors (Lipinski definition) is 1. The second-order valence-electron chi connectivity index (χ2n) is 2.69. The van der Waals surface area contributed by atoms with E-state index in [1.54, 1.807) is 19.2 Å². The zero-order chi connectivity index (χ0) is 10.4. The van der Waals surface area contributed by atoms with Crippen LogP contribution in [0.25, 0.3) is 0 Å². The smallest absolute Gasteiger partial charge is 0.137 e. The average Bonchev–Trinajstić information content (AvgIpc) is 2.18. The Labute approximate surface area is 89.0 Å². The molecular weight excluding hydrogens is 198 g/mol. The SMILES string of the molecule is COc1ccc(C#CCCN)cc1Cl. The van der Waals surface area contributed by atoms with Crippen molar-refractivity contribution < 1.29 is 4.74 Å². The molecule has 3 heteroatoms. The molecule has 0 aliphatic rings. The van der Waals surface area contributed by atoms with E-state index in [-0.39, 0.29) is 0 Å². The third-order valence-corrected chi connectivity index (χ3v) is 1.95. The number of benzene rings is 1. The van der Waals surface area contributed by atoms with E-state index in [4.69, 9.17) is 22.1 Å². The zero-order valence-corrected chi connectivity index (χ0v) is 8.77. The Morgan fingerprint density at radius 1 is 1.50 bits per heavy atom. The van der Waals surface area contributed by atoms with Gasteiger partial charge in [-0.25, -0.2) is 0 Å². The van der Waals surface area contributed by atoms with Gasteiger partial charge < -0.3 is 10.5 Å². The Hall–Kier alpha value is -1.17. The summed E-state index contributed by atoms with van der Waals surface area (Å²) in [5.41, 5.74) is 6.20. The fraction of sp³-hybridized carbons (Fsp3) is 0.273. The molecule has 0 heterocycles. The minimum absolute atomic E-state index is 0.576. The quantitative estimate of drug-likeness (QED) is 0.757. The van der Waals surface area contributed by atoms with Gasteiger partial charge in [0.1, 0.15) is 5.75 Å². The lowest BCUT2D eigenvalue weighted by Gasteiger charge is -2.01. The van der Waals surface area contributed by atoms with Crippen LogP contribution in [0.15, 0.2) is 18.2 Å². The molecule has 2 N–H and O–H groups in total. The average molecular weight is 210 g/mol. The summed E-state index contributed by atoms with van der Waals surface area (Å²) in [5, 5.41) is 0.576. The number of ether oxygens (including phenoxy) is 1. The second kappa shape index (κ2) is 5.54. The lowest BCUT2D eigenvalue weighted by molar-refractivity contribution is 0.415. The first-order valence-electron chi connectivity index (χ1n) is 4.30. The first-order chi connectivity index (χ1) is 6.77. The molecule has 0 spiro atoms. The van der Waals surface area contributed by atoms with E-state index < -0.39 is 0 Å². The normalized spacial score (nSPS) is 9.07. The van der Waals surface area contributed by atoms with Gasteiger partial charge >= 0.3 is 0 Å². The fourth-order valence-electron chi connectivity index (χ4n) is 0.981. The molecule has 14 heavy (non-hydrogen) atoms. The van der Waals surface area contributed by atoms with E-state index in [9.17, 15) is 0 Å². The lowest BCUT2D eigenvalue weighted by atomic mass is 10.2. The molecule has 0 saturated heterocycles. The van der Waals surface area contributed by atoms with E-state index in [2.05, 4.69) is 11.8 Å². The van der Waals surface area contributed by atoms with Crippen molar-refractivity contribution in [2.24, 2.45) is 5.73 Å². The molecule has 1 aromatic rings. The minimum atomic E-state index is 0.576. The maximum absolute atomic E-state index is 5.92. The first-order valence-corrected chi connectivity index (χ1v) is 4.68. The molecule has 0 fully saturated rings. The standard InChI is InChI=1S/C11H12ClNO/c1-14-11-6-5-9(8-10(11)12)4-2-3-7-13/h5-6,8H,3,7,13H2,1H3. The lowest BCUT2D eigenvalue weighted by Crippen LogP contribution is -1.95. The summed E-state index contributed by atoms with van der Waals surface area (Å²) in [6.07, 6.45) is 0.698. The van der Waals surface area contributed by atoms with Crippen LogP contribution in [-0.2, 0) is 0 Å². The predicted molar refractivity (Wildman–Crippen MR) is 58.6 cm³/mol. The summed E-state index contributed by atoms with van der Waals surface area (Å²) >= 11 is 5.92. The number of hydrogen-bond acceptors (Lipinski definition) is 2. The molecule has 0 aliphatic heterocycles. The molecule has 0 bridgehead atoms. The second-order valence-corrected chi connectivity index (χ2v) is 3.10. The van der Waals surface area contributed by atoms with Crippen LogP contribution in [0.1, 0.15) is 12.0 Å². The largest absolute Gasteiger partial charge is 0.495 e. The van der Waals surface area contributed by atoms with Crippen molar-refractivity contribution in [2.75, 3.05) is 13.7 Å². The van der Waals surface area contributed by atoms with Crippen molar-refractivity contribution in [1.82, 2.24) is 0 Å². The highest BCUT2D eigenvalue weighted by molar-refractivity contribution is 6.32. The van der Waals surface area contributed by atoms with Crippen LogP contribution < -0.4 is 10.5 Å². The summed E-state index contributed by atoms with van der Waals surface area (Å²) in [5.74, 6) is 6.57. The Kier molecular flexibility index (Phi) is 4.31. The van der Waals surface area contributed by atoms with Crippen molar-refractivity contribution in [3.8, 4) is 17.6 Å². The van der Waals surface area contributed by atoms with Crippen molar-refractivity contribution >= 4 is 11.6 Å². The van der Waals surface area contributed by atoms with E-state index in [1.807, 2.05) is 6.07 Å². The van der Waals surface area contributed by atoms with Crippen LogP contribution in [-0.4, -0.2) is 13.7 Å². The molecule has 1 aromatic carbocycles. The predicted octanol–water partition coefficient (Wildman–Crippen LogP) is 2.05. The zero-order valence-electron chi connectivity index (χ0n) is 8.01. The summed E-state index contributed by atoms with van der Waals surface area (Å²) in [6.45, 7) is 0.580. The summed E-state index contributed by atoms with van der Waals surface area (Å²) in [7, 11) is 1.58. The van der Waals surface area contributed by atoms with Gasteiger partial charge in [0.25, 0.3) is 0 Å². The van der Waals surface area contributed by atoms with E-state index in [1.165, 1.54) is 0 Å². The monoisotopic (exact) mass is 209 g/mol. The third-order valence-electron chi connectivity index (χ3n) is 1.65. The van der Waals surface area contributed by atoms with E-state index in [0.717, 1.165) is 5.56 Å². The maximum atomic E-state index is 5.92. The van der Waals surface area contributed by atoms with Crippen molar-refractivity contribution in [2.45, 2.75) is 6.42 Å². The van der Waals surface area contributed by atoms with Crippen LogP contribution in [0.4, 0.5) is 0 Å². The van der Waals surface area contributed by atoms with E-state index in [0.29, 0.717) is 23.7 Å². The van der Waals surface area contributed by atoms with Crippen LogP contribution in [0.3, 0.4) is 0 Å². The van der Waals surface area contributed by atoms with Gasteiger partial charge in [0.15, 0.2) is 0 Å². The van der Waals surface area contributed by atoms with Crippen molar-refractivity contribution in [1.29, 1.82) is 0 Å². The van der Waals surface area contributed by atoms with E-state index >= 15 is 0 Å². The van der Waals surface area contributed by atoms with Gasteiger partial charge in [0.2, 0.25) is 0 Å². The molecule has 2 nitrogen and oxygen atoms in total. The van der Waals surface area contributed by atoms with Gasteiger partial charge in [-0.05, 0) is 18.2 Å². The van der Waals surface area contributed by atoms with Gasteiger partial charge in [-0.2, -0.15) is 0 Å².